The van der Waals surface area contributed by atoms with Crippen molar-refractivity contribution < 1.29 is 8.23 Å². The van der Waals surface area contributed by atoms with Crippen molar-refractivity contribution in [2.45, 2.75) is 26.2 Å². The fourth-order valence-electron chi connectivity index (χ4n) is 2.60. The van der Waals surface area contributed by atoms with E-state index in [1.54, 1.807) is 0 Å². The first kappa shape index (κ1) is 20.2. The van der Waals surface area contributed by atoms with E-state index in [1.165, 1.54) is 0 Å². The van der Waals surface area contributed by atoms with Crippen molar-refractivity contribution in [3.05, 3.63) is 60.7 Å². The van der Waals surface area contributed by atoms with Crippen LogP contribution in [0.1, 0.15) is 0 Å². The van der Waals surface area contributed by atoms with Gasteiger partial charge < -0.3 is 19.7 Å². The van der Waals surface area contributed by atoms with Crippen LogP contribution in [0.15, 0.2) is 60.7 Å². The summed E-state index contributed by atoms with van der Waals surface area (Å²) < 4.78 is 13.8. The molecule has 0 saturated carbocycles. The summed E-state index contributed by atoms with van der Waals surface area (Å²) in [6, 6.07) is 20.7. The van der Waals surface area contributed by atoms with Gasteiger partial charge in [-0.25, -0.2) is 0 Å². The zero-order valence-corrected chi connectivity index (χ0v) is 18.7. The molecular weight excluding hydrogens is 360 g/mol. The maximum absolute atomic E-state index is 6.89. The standard InChI is InChI=1S/C18H30N2O2Si3/c1-23(2,15-19)21-25(22-24(3,4)16-20,17-11-7-5-8-12-17)18-13-9-6-10-14-18/h5-14H,15-16,19-20H2,1-4H3. The van der Waals surface area contributed by atoms with Crippen LogP contribution in [0.5, 0.6) is 0 Å². The molecular formula is C18H30N2O2Si3. The van der Waals surface area contributed by atoms with Crippen LogP contribution >= 0.6 is 0 Å². The van der Waals surface area contributed by atoms with Gasteiger partial charge in [-0.3, -0.25) is 0 Å². The van der Waals surface area contributed by atoms with Gasteiger partial charge >= 0.3 is 8.56 Å². The second kappa shape index (κ2) is 8.09. The van der Waals surface area contributed by atoms with Crippen molar-refractivity contribution in [1.29, 1.82) is 0 Å². The van der Waals surface area contributed by atoms with Crippen molar-refractivity contribution in [3.8, 4) is 0 Å². The number of hydrogen-bond acceptors (Lipinski definition) is 4. The maximum atomic E-state index is 6.89. The molecule has 0 fully saturated rings. The molecule has 4 nitrogen and oxygen atoms in total. The number of benzene rings is 2. The van der Waals surface area contributed by atoms with Crippen molar-refractivity contribution in [2.75, 3.05) is 12.3 Å². The molecule has 4 N–H and O–H groups in total. The molecule has 0 bridgehead atoms. The first-order chi connectivity index (χ1) is 11.7. The summed E-state index contributed by atoms with van der Waals surface area (Å²) in [4.78, 5) is 0. The van der Waals surface area contributed by atoms with Crippen molar-refractivity contribution in [3.63, 3.8) is 0 Å². The Morgan fingerprint density at radius 3 is 1.24 bits per heavy atom. The highest BCUT2D eigenvalue weighted by molar-refractivity contribution is 7.02. The highest BCUT2D eigenvalue weighted by Gasteiger charge is 2.49. The molecule has 0 aliphatic rings. The topological polar surface area (TPSA) is 70.5 Å². The lowest BCUT2D eigenvalue weighted by Crippen LogP contribution is -2.72. The second-order valence-electron chi connectivity index (χ2n) is 7.48. The van der Waals surface area contributed by atoms with Crippen LogP contribution < -0.4 is 21.8 Å². The van der Waals surface area contributed by atoms with Gasteiger partial charge in [0.2, 0.25) is 0 Å². The quantitative estimate of drug-likeness (QED) is 0.673. The van der Waals surface area contributed by atoms with Gasteiger partial charge in [-0.15, -0.1) is 0 Å². The molecule has 2 aromatic rings. The van der Waals surface area contributed by atoms with Crippen molar-refractivity contribution >= 4 is 35.6 Å². The summed E-state index contributed by atoms with van der Waals surface area (Å²) in [5.41, 5.74) is 12.1. The zero-order valence-electron chi connectivity index (χ0n) is 15.7. The lowest BCUT2D eigenvalue weighted by Gasteiger charge is -2.42. The van der Waals surface area contributed by atoms with Crippen LogP contribution in [0, 0.1) is 0 Å². The van der Waals surface area contributed by atoms with Gasteiger partial charge in [0.05, 0.1) is 0 Å². The predicted molar refractivity (Wildman–Crippen MR) is 113 cm³/mol. The van der Waals surface area contributed by atoms with Crippen molar-refractivity contribution in [2.24, 2.45) is 11.5 Å². The molecule has 0 heterocycles. The lowest BCUT2D eigenvalue weighted by atomic mass is 10.4. The van der Waals surface area contributed by atoms with E-state index in [-0.39, 0.29) is 0 Å². The van der Waals surface area contributed by atoms with Crippen LogP contribution in [0.3, 0.4) is 0 Å². The van der Waals surface area contributed by atoms with Gasteiger partial charge in [-0.1, -0.05) is 60.7 Å². The number of hydrogen-bond donors (Lipinski definition) is 2. The normalized spacial score (nSPS) is 13.0. The Bertz CT molecular complexity index is 607. The second-order valence-corrected chi connectivity index (χ2v) is 19.4. The zero-order chi connectivity index (χ0) is 18.6. The minimum absolute atomic E-state index is 0.551. The number of nitrogens with two attached hydrogens (primary N) is 2. The van der Waals surface area contributed by atoms with Gasteiger partial charge in [0.15, 0.2) is 16.6 Å². The molecule has 0 radical (unpaired) electrons. The summed E-state index contributed by atoms with van der Waals surface area (Å²) in [6.45, 7) is 8.62. The van der Waals surface area contributed by atoms with Gasteiger partial charge in [-0.2, -0.15) is 0 Å². The Hall–Kier alpha value is -1.07. The molecule has 0 aliphatic heterocycles. The Balaban J connectivity index is 2.69. The monoisotopic (exact) mass is 390 g/mol. The molecule has 0 aromatic heterocycles. The minimum atomic E-state index is -2.90. The Morgan fingerprint density at radius 2 is 0.960 bits per heavy atom. The van der Waals surface area contributed by atoms with E-state index in [0.29, 0.717) is 12.3 Å². The lowest BCUT2D eigenvalue weighted by molar-refractivity contribution is 0.407. The highest BCUT2D eigenvalue weighted by atomic mass is 28.5. The molecule has 0 atom stereocenters. The highest BCUT2D eigenvalue weighted by Crippen LogP contribution is 2.20. The Labute approximate surface area is 154 Å². The molecule has 0 unspecified atom stereocenters. The SMILES string of the molecule is C[Si](C)(CN)O[Si](O[Si](C)(C)CN)(c1ccccc1)c1ccccc1. The summed E-state index contributed by atoms with van der Waals surface area (Å²) in [7, 11) is -7.09. The number of rotatable bonds is 8. The molecule has 0 spiro atoms. The van der Waals surface area contributed by atoms with Crippen LogP contribution in [0.2, 0.25) is 26.2 Å². The Kier molecular flexibility index (Phi) is 6.55. The van der Waals surface area contributed by atoms with Gasteiger partial charge in [0, 0.05) is 12.3 Å². The molecule has 136 valence electrons. The van der Waals surface area contributed by atoms with E-state index in [4.69, 9.17) is 19.7 Å². The maximum Gasteiger partial charge on any atom is 0.386 e. The fourth-order valence-corrected chi connectivity index (χ4v) is 13.5. The summed E-state index contributed by atoms with van der Waals surface area (Å²) in [5, 5.41) is 2.23. The van der Waals surface area contributed by atoms with E-state index in [9.17, 15) is 0 Å². The van der Waals surface area contributed by atoms with Gasteiger partial charge in [-0.05, 0) is 36.6 Å². The van der Waals surface area contributed by atoms with E-state index < -0.39 is 25.2 Å². The van der Waals surface area contributed by atoms with Crippen LogP contribution in [0.4, 0.5) is 0 Å². The average Bonchev–Trinajstić information content (AvgIpc) is 2.62. The third kappa shape index (κ3) is 4.98. The van der Waals surface area contributed by atoms with Crippen molar-refractivity contribution in [1.82, 2.24) is 0 Å². The molecule has 2 rings (SSSR count). The Morgan fingerprint density at radius 1 is 0.640 bits per heavy atom. The van der Waals surface area contributed by atoms with Crippen LogP contribution in [0.25, 0.3) is 0 Å². The van der Waals surface area contributed by atoms with E-state index in [2.05, 4.69) is 50.5 Å². The molecule has 0 saturated heterocycles. The van der Waals surface area contributed by atoms with Crippen LogP contribution in [-0.2, 0) is 8.23 Å². The van der Waals surface area contributed by atoms with Gasteiger partial charge in [0.1, 0.15) is 0 Å². The summed E-state index contributed by atoms with van der Waals surface area (Å²) >= 11 is 0. The molecule has 0 aliphatic carbocycles. The molecule has 2 aromatic carbocycles. The molecule has 7 heteroatoms. The van der Waals surface area contributed by atoms with E-state index in [1.807, 2.05) is 36.4 Å². The van der Waals surface area contributed by atoms with Crippen LogP contribution in [-0.4, -0.2) is 37.5 Å². The predicted octanol–water partition coefficient (Wildman–Crippen LogP) is 1.68. The third-order valence-corrected chi connectivity index (χ3v) is 15.0. The fraction of sp³-hybridized carbons (Fsp3) is 0.333. The van der Waals surface area contributed by atoms with Gasteiger partial charge in [0.25, 0.3) is 0 Å². The summed E-state index contributed by atoms with van der Waals surface area (Å²) in [5.74, 6) is 0. The third-order valence-electron chi connectivity index (χ3n) is 4.13. The first-order valence-electron chi connectivity index (χ1n) is 8.66. The largest absolute Gasteiger partial charge is 0.429 e. The molecule has 25 heavy (non-hydrogen) atoms. The smallest absolute Gasteiger partial charge is 0.386 e. The van der Waals surface area contributed by atoms with E-state index in [0.717, 1.165) is 10.4 Å². The average molecular weight is 391 g/mol. The minimum Gasteiger partial charge on any atom is -0.429 e. The van der Waals surface area contributed by atoms with E-state index >= 15 is 0 Å². The summed E-state index contributed by atoms with van der Waals surface area (Å²) in [6.07, 6.45) is 1.10. The molecule has 0 amide bonds. The first-order valence-corrected chi connectivity index (χ1v) is 16.7.